The average molecular weight is 223 g/mol. The van der Waals surface area contributed by atoms with E-state index in [0.717, 1.165) is 13.8 Å². The molecule has 0 heterocycles. The van der Waals surface area contributed by atoms with Crippen LogP contribution in [0.3, 0.4) is 0 Å². The van der Waals surface area contributed by atoms with Gasteiger partial charge in [-0.1, -0.05) is 0 Å². The number of hydrogen-bond acceptors (Lipinski definition) is 1. The second-order valence-electron chi connectivity index (χ2n) is 3.11. The number of nitrogens with zero attached hydrogens (tertiary/aromatic N) is 1. The molecule has 0 radical (unpaired) electrons. The summed E-state index contributed by atoms with van der Waals surface area (Å²) in [5, 5.41) is 0. The Hall–Kier alpha value is -0.460. The molecular formula is C7H11F6N. The van der Waals surface area contributed by atoms with E-state index in [9.17, 15) is 26.3 Å². The maximum Gasteiger partial charge on any atom is 0.469 e. The van der Waals surface area contributed by atoms with E-state index in [0.29, 0.717) is 6.92 Å². The summed E-state index contributed by atoms with van der Waals surface area (Å²) in [6.07, 6.45) is -8.14. The fourth-order valence-electron chi connectivity index (χ4n) is 1.10. The second kappa shape index (κ2) is 3.96. The first-order valence-corrected chi connectivity index (χ1v) is 3.89. The molecule has 1 unspecified atom stereocenters. The van der Waals surface area contributed by atoms with Gasteiger partial charge < -0.3 is 0 Å². The van der Waals surface area contributed by atoms with Crippen molar-refractivity contribution in [3.63, 3.8) is 0 Å². The quantitative estimate of drug-likeness (QED) is 0.524. The summed E-state index contributed by atoms with van der Waals surface area (Å²) < 4.78 is 73.4. The Morgan fingerprint density at radius 1 is 0.929 bits per heavy atom. The highest BCUT2D eigenvalue weighted by Gasteiger charge is 2.63. The molecule has 0 amide bonds. The third-order valence-corrected chi connectivity index (χ3v) is 1.60. The van der Waals surface area contributed by atoms with E-state index in [1.807, 2.05) is 0 Å². The lowest BCUT2D eigenvalue weighted by Gasteiger charge is -2.35. The largest absolute Gasteiger partial charge is 0.469 e. The minimum atomic E-state index is -5.77. The van der Waals surface area contributed by atoms with E-state index < -0.39 is 29.5 Å². The van der Waals surface area contributed by atoms with Crippen molar-refractivity contribution in [2.75, 3.05) is 0 Å². The maximum atomic E-state index is 12.7. The third-order valence-electron chi connectivity index (χ3n) is 1.60. The van der Waals surface area contributed by atoms with Crippen molar-refractivity contribution in [3.8, 4) is 0 Å². The van der Waals surface area contributed by atoms with E-state index in [1.54, 1.807) is 0 Å². The lowest BCUT2D eigenvalue weighted by atomic mass is 10.3. The van der Waals surface area contributed by atoms with Crippen LogP contribution in [0.5, 0.6) is 0 Å². The lowest BCUT2D eigenvalue weighted by molar-refractivity contribution is -0.358. The number of rotatable bonds is 3. The molecule has 0 rings (SSSR count). The van der Waals surface area contributed by atoms with E-state index in [1.165, 1.54) is 0 Å². The van der Waals surface area contributed by atoms with Crippen LogP contribution in [0.25, 0.3) is 0 Å². The topological polar surface area (TPSA) is 3.24 Å². The van der Waals surface area contributed by atoms with Crippen molar-refractivity contribution in [3.05, 3.63) is 0 Å². The van der Waals surface area contributed by atoms with E-state index in [2.05, 4.69) is 0 Å². The van der Waals surface area contributed by atoms with Crippen LogP contribution < -0.4 is 0 Å². The number of hydrogen-bond donors (Lipinski definition) is 0. The summed E-state index contributed by atoms with van der Waals surface area (Å²) >= 11 is 0. The first-order valence-electron chi connectivity index (χ1n) is 3.89. The Labute approximate surface area is 77.7 Å². The maximum absolute atomic E-state index is 12.7. The Morgan fingerprint density at radius 2 is 1.29 bits per heavy atom. The molecule has 7 heteroatoms. The molecule has 0 aromatic heterocycles. The van der Waals surface area contributed by atoms with Gasteiger partial charge in [0.15, 0.2) is 6.30 Å². The van der Waals surface area contributed by atoms with Crippen LogP contribution in [-0.2, 0) is 0 Å². The number of halogens is 6. The van der Waals surface area contributed by atoms with Gasteiger partial charge in [-0.25, -0.2) is 9.29 Å². The van der Waals surface area contributed by atoms with Crippen molar-refractivity contribution in [2.24, 2.45) is 0 Å². The molecule has 0 saturated carbocycles. The van der Waals surface area contributed by atoms with Crippen LogP contribution in [0.1, 0.15) is 20.8 Å². The molecule has 0 aliphatic heterocycles. The molecule has 0 aromatic carbocycles. The average Bonchev–Trinajstić information content (AvgIpc) is 1.79. The summed E-state index contributed by atoms with van der Waals surface area (Å²) in [6.45, 7) is 2.77. The van der Waals surface area contributed by atoms with Crippen LogP contribution in [0.15, 0.2) is 0 Å². The highest BCUT2D eigenvalue weighted by molar-refractivity contribution is 4.80. The molecule has 0 N–H and O–H groups in total. The van der Waals surface area contributed by atoms with Gasteiger partial charge >= 0.3 is 12.2 Å². The van der Waals surface area contributed by atoms with E-state index in [4.69, 9.17) is 0 Å². The van der Waals surface area contributed by atoms with Gasteiger partial charge in [0.1, 0.15) is 0 Å². The Morgan fingerprint density at radius 3 is 1.36 bits per heavy atom. The molecule has 0 spiro atoms. The summed E-state index contributed by atoms with van der Waals surface area (Å²) in [7, 11) is 0. The van der Waals surface area contributed by atoms with Crippen LogP contribution in [0, 0.1) is 0 Å². The molecule has 0 aliphatic rings. The summed E-state index contributed by atoms with van der Waals surface area (Å²) in [5.41, 5.74) is 0. The van der Waals surface area contributed by atoms with Gasteiger partial charge in [-0.05, 0) is 20.8 Å². The summed E-state index contributed by atoms with van der Waals surface area (Å²) in [6, 6.07) is -6.39. The molecule has 0 bridgehead atoms. The Kier molecular flexibility index (Phi) is 3.83. The molecule has 14 heavy (non-hydrogen) atoms. The zero-order valence-electron chi connectivity index (χ0n) is 7.87. The predicted octanol–water partition coefficient (Wildman–Crippen LogP) is 3.17. The van der Waals surface area contributed by atoms with Crippen LogP contribution in [0.2, 0.25) is 0 Å². The van der Waals surface area contributed by atoms with Crippen molar-refractivity contribution >= 4 is 0 Å². The highest BCUT2D eigenvalue weighted by atomic mass is 19.4. The van der Waals surface area contributed by atoms with E-state index in [-0.39, 0.29) is 0 Å². The standard InChI is InChI=1S/C7H11F6N/c1-4(2)14(5(3)8)7(12,13)6(9,10)11/h4-5H,1-3H3. The Balaban J connectivity index is 5.01. The van der Waals surface area contributed by atoms with Gasteiger partial charge in [-0.2, -0.15) is 22.0 Å². The van der Waals surface area contributed by atoms with Gasteiger partial charge in [0.05, 0.1) is 0 Å². The SMILES string of the molecule is CC(C)N(C(C)F)C(F)(F)C(F)(F)F. The molecule has 0 aromatic rings. The minimum Gasteiger partial charge on any atom is -0.230 e. The molecule has 0 fully saturated rings. The van der Waals surface area contributed by atoms with Gasteiger partial charge in [0.2, 0.25) is 0 Å². The predicted molar refractivity (Wildman–Crippen MR) is 38.5 cm³/mol. The third kappa shape index (κ3) is 2.52. The van der Waals surface area contributed by atoms with Crippen LogP contribution in [-0.4, -0.2) is 29.5 Å². The fourth-order valence-corrected chi connectivity index (χ4v) is 1.10. The van der Waals surface area contributed by atoms with E-state index >= 15 is 0 Å². The fraction of sp³-hybridized carbons (Fsp3) is 1.00. The molecule has 0 saturated heterocycles. The van der Waals surface area contributed by atoms with Crippen molar-refractivity contribution in [1.82, 2.24) is 4.90 Å². The highest BCUT2D eigenvalue weighted by Crippen LogP contribution is 2.40. The second-order valence-corrected chi connectivity index (χ2v) is 3.11. The minimum absolute atomic E-state index is 0.521. The number of alkyl halides is 6. The monoisotopic (exact) mass is 223 g/mol. The first-order chi connectivity index (χ1) is 6.01. The molecular weight excluding hydrogens is 212 g/mol. The van der Waals surface area contributed by atoms with Crippen molar-refractivity contribution in [1.29, 1.82) is 0 Å². The van der Waals surface area contributed by atoms with Gasteiger partial charge in [-0.15, -0.1) is 0 Å². The smallest absolute Gasteiger partial charge is 0.230 e. The molecule has 1 atom stereocenters. The molecule has 0 aliphatic carbocycles. The molecule has 1 nitrogen and oxygen atoms in total. The van der Waals surface area contributed by atoms with Gasteiger partial charge in [0, 0.05) is 6.04 Å². The van der Waals surface area contributed by atoms with Crippen LogP contribution >= 0.6 is 0 Å². The molecule has 86 valence electrons. The summed E-state index contributed by atoms with van der Waals surface area (Å²) in [4.78, 5) is -0.521. The first kappa shape index (κ1) is 13.5. The Bertz CT molecular complexity index is 177. The van der Waals surface area contributed by atoms with Gasteiger partial charge in [0.25, 0.3) is 0 Å². The lowest BCUT2D eigenvalue weighted by Crippen LogP contribution is -2.57. The zero-order chi connectivity index (χ0) is 11.7. The van der Waals surface area contributed by atoms with Crippen LogP contribution in [0.4, 0.5) is 26.3 Å². The summed E-state index contributed by atoms with van der Waals surface area (Å²) in [5.74, 6) is 0. The normalized spacial score (nSPS) is 16.5. The van der Waals surface area contributed by atoms with Crippen molar-refractivity contribution in [2.45, 2.75) is 45.3 Å². The van der Waals surface area contributed by atoms with Crippen molar-refractivity contribution < 1.29 is 26.3 Å². The van der Waals surface area contributed by atoms with Gasteiger partial charge in [-0.3, -0.25) is 0 Å². The zero-order valence-corrected chi connectivity index (χ0v) is 7.87.